The smallest absolute Gasteiger partial charge is 0.0544 e. The van der Waals surface area contributed by atoms with Crippen LogP contribution in [0.4, 0.5) is 5.69 Å². The van der Waals surface area contributed by atoms with Gasteiger partial charge >= 0.3 is 0 Å². The van der Waals surface area contributed by atoms with Gasteiger partial charge in [-0.25, -0.2) is 0 Å². The highest BCUT2D eigenvalue weighted by Crippen LogP contribution is 2.52. The summed E-state index contributed by atoms with van der Waals surface area (Å²) in [6.07, 6.45) is 0. The van der Waals surface area contributed by atoms with Gasteiger partial charge in [-0.3, -0.25) is 0 Å². The minimum absolute atomic E-state index is 0.314. The third kappa shape index (κ3) is 2.07. The highest BCUT2D eigenvalue weighted by Gasteiger charge is 2.48. The minimum atomic E-state index is 0.314. The van der Waals surface area contributed by atoms with Gasteiger partial charge in [0.2, 0.25) is 0 Å². The van der Waals surface area contributed by atoms with Crippen molar-refractivity contribution in [2.45, 2.75) is 24.0 Å². The molecule has 2 N–H and O–H groups in total. The molecule has 2 heteroatoms. The molecular weight excluding hydrogens is 292 g/mol. The molecular formula is C22H20N2. The average molecular weight is 312 g/mol. The third-order valence-electron chi connectivity index (χ3n) is 5.42. The molecule has 0 spiro atoms. The first-order chi connectivity index (χ1) is 11.9. The molecule has 0 saturated carbocycles. The lowest BCUT2D eigenvalue weighted by Gasteiger charge is -2.20. The van der Waals surface area contributed by atoms with E-state index in [4.69, 9.17) is 0 Å². The zero-order valence-corrected chi connectivity index (χ0v) is 13.4. The van der Waals surface area contributed by atoms with Crippen LogP contribution >= 0.6 is 0 Å². The van der Waals surface area contributed by atoms with Crippen LogP contribution in [-0.4, -0.2) is 6.04 Å². The zero-order valence-electron chi connectivity index (χ0n) is 13.4. The third-order valence-corrected chi connectivity index (χ3v) is 5.42. The van der Waals surface area contributed by atoms with E-state index in [1.54, 1.807) is 0 Å². The number of hydrogen-bond acceptors (Lipinski definition) is 2. The summed E-state index contributed by atoms with van der Waals surface area (Å²) in [5, 5.41) is 7.69. The van der Waals surface area contributed by atoms with Gasteiger partial charge in [-0.1, -0.05) is 78.9 Å². The van der Waals surface area contributed by atoms with Gasteiger partial charge in [-0.15, -0.1) is 0 Å². The van der Waals surface area contributed by atoms with Gasteiger partial charge in [0.25, 0.3) is 0 Å². The molecule has 3 aromatic carbocycles. The van der Waals surface area contributed by atoms with Crippen molar-refractivity contribution in [2.75, 3.05) is 5.32 Å². The summed E-state index contributed by atoms with van der Waals surface area (Å²) in [6, 6.07) is 31.4. The maximum atomic E-state index is 3.90. The maximum Gasteiger partial charge on any atom is 0.0544 e. The van der Waals surface area contributed by atoms with E-state index in [2.05, 4.69) is 95.6 Å². The molecule has 2 aliphatic heterocycles. The standard InChI is InChI=1S/C22H20N2/c1-3-9-15(10-4-1)20-19-17-13-7-8-14-18(17)23-22(19)21(24-20)16-11-5-2-6-12-16/h1-14,19-24H. The topological polar surface area (TPSA) is 24.1 Å². The van der Waals surface area contributed by atoms with Crippen molar-refractivity contribution in [1.29, 1.82) is 0 Å². The predicted octanol–water partition coefficient (Wildman–Crippen LogP) is 4.65. The molecule has 0 aromatic heterocycles. The fourth-order valence-corrected chi connectivity index (χ4v) is 4.39. The molecule has 3 aromatic rings. The summed E-state index contributed by atoms with van der Waals surface area (Å²) in [5.74, 6) is 0.453. The summed E-state index contributed by atoms with van der Waals surface area (Å²) < 4.78 is 0. The molecule has 2 nitrogen and oxygen atoms in total. The Hall–Kier alpha value is -2.58. The number of nitrogens with one attached hydrogen (secondary N) is 2. The number of rotatable bonds is 2. The van der Waals surface area contributed by atoms with Crippen molar-refractivity contribution in [1.82, 2.24) is 5.32 Å². The van der Waals surface area contributed by atoms with Crippen LogP contribution in [-0.2, 0) is 0 Å². The van der Waals surface area contributed by atoms with Crippen LogP contribution in [0.5, 0.6) is 0 Å². The number of anilines is 1. The van der Waals surface area contributed by atoms with E-state index in [0.29, 0.717) is 24.0 Å². The Kier molecular flexibility index (Phi) is 3.17. The average Bonchev–Trinajstić information content (AvgIpc) is 3.20. The second-order valence-corrected chi connectivity index (χ2v) is 6.73. The Balaban J connectivity index is 1.61. The second kappa shape index (κ2) is 5.50. The van der Waals surface area contributed by atoms with E-state index < -0.39 is 0 Å². The summed E-state index contributed by atoms with van der Waals surface area (Å²) in [5.41, 5.74) is 5.44. The van der Waals surface area contributed by atoms with E-state index in [-0.39, 0.29) is 0 Å². The van der Waals surface area contributed by atoms with E-state index in [9.17, 15) is 0 Å². The molecule has 4 unspecified atom stereocenters. The van der Waals surface area contributed by atoms with E-state index in [1.165, 1.54) is 22.4 Å². The van der Waals surface area contributed by atoms with Crippen molar-refractivity contribution in [3.05, 3.63) is 102 Å². The molecule has 0 radical (unpaired) electrons. The quantitative estimate of drug-likeness (QED) is 0.720. The number of benzene rings is 3. The normalized spacial score (nSPS) is 27.3. The highest BCUT2D eigenvalue weighted by atomic mass is 15.1. The highest BCUT2D eigenvalue weighted by molar-refractivity contribution is 5.62. The Morgan fingerprint density at radius 3 is 1.88 bits per heavy atom. The van der Waals surface area contributed by atoms with Gasteiger partial charge in [0.1, 0.15) is 0 Å². The van der Waals surface area contributed by atoms with Crippen LogP contribution in [0.2, 0.25) is 0 Å². The number of hydrogen-bond donors (Lipinski definition) is 2. The van der Waals surface area contributed by atoms with Crippen LogP contribution in [0.25, 0.3) is 0 Å². The van der Waals surface area contributed by atoms with Crippen molar-refractivity contribution < 1.29 is 0 Å². The largest absolute Gasteiger partial charge is 0.379 e. The zero-order chi connectivity index (χ0) is 15.9. The van der Waals surface area contributed by atoms with Gasteiger partial charge in [-0.2, -0.15) is 0 Å². The van der Waals surface area contributed by atoms with Gasteiger partial charge in [0, 0.05) is 17.6 Å². The molecule has 2 heterocycles. The monoisotopic (exact) mass is 312 g/mol. The molecule has 118 valence electrons. The van der Waals surface area contributed by atoms with Gasteiger partial charge in [0.15, 0.2) is 0 Å². The fourth-order valence-electron chi connectivity index (χ4n) is 4.39. The Bertz CT molecular complexity index is 844. The van der Waals surface area contributed by atoms with E-state index in [1.807, 2.05) is 0 Å². The Labute approximate surface area is 142 Å². The molecule has 0 bridgehead atoms. The van der Waals surface area contributed by atoms with Crippen molar-refractivity contribution >= 4 is 5.69 Å². The number of para-hydroxylation sites is 1. The Morgan fingerprint density at radius 1 is 0.583 bits per heavy atom. The molecule has 24 heavy (non-hydrogen) atoms. The summed E-state index contributed by atoms with van der Waals surface area (Å²) >= 11 is 0. The Morgan fingerprint density at radius 2 is 1.17 bits per heavy atom. The lowest BCUT2D eigenvalue weighted by Crippen LogP contribution is -2.27. The van der Waals surface area contributed by atoms with Crippen LogP contribution < -0.4 is 10.6 Å². The van der Waals surface area contributed by atoms with E-state index >= 15 is 0 Å². The van der Waals surface area contributed by atoms with Crippen molar-refractivity contribution in [3.8, 4) is 0 Å². The molecule has 1 fully saturated rings. The first-order valence-electron chi connectivity index (χ1n) is 8.63. The second-order valence-electron chi connectivity index (χ2n) is 6.73. The molecule has 2 aliphatic rings. The molecule has 4 atom stereocenters. The summed E-state index contributed by atoms with van der Waals surface area (Å²) in [7, 11) is 0. The van der Waals surface area contributed by atoms with Crippen LogP contribution in [0.15, 0.2) is 84.9 Å². The SMILES string of the molecule is c1ccc(C2NC(c3ccccc3)C3c4ccccc4NC23)cc1. The lowest BCUT2D eigenvalue weighted by molar-refractivity contribution is 0.553. The predicted molar refractivity (Wildman–Crippen MR) is 98.1 cm³/mol. The first-order valence-corrected chi connectivity index (χ1v) is 8.63. The van der Waals surface area contributed by atoms with Crippen LogP contribution in [0, 0.1) is 0 Å². The lowest BCUT2D eigenvalue weighted by atomic mass is 9.85. The van der Waals surface area contributed by atoms with Gasteiger partial charge in [-0.05, 0) is 22.8 Å². The van der Waals surface area contributed by atoms with Crippen molar-refractivity contribution in [2.24, 2.45) is 0 Å². The molecule has 0 amide bonds. The van der Waals surface area contributed by atoms with Gasteiger partial charge in [0.05, 0.1) is 12.1 Å². The van der Waals surface area contributed by atoms with E-state index in [0.717, 1.165) is 0 Å². The maximum absolute atomic E-state index is 3.90. The van der Waals surface area contributed by atoms with Crippen molar-refractivity contribution in [3.63, 3.8) is 0 Å². The molecule has 5 rings (SSSR count). The minimum Gasteiger partial charge on any atom is -0.379 e. The molecule has 0 aliphatic carbocycles. The first kappa shape index (κ1) is 13.8. The van der Waals surface area contributed by atoms with Crippen LogP contribution in [0.1, 0.15) is 34.7 Å². The van der Waals surface area contributed by atoms with Crippen LogP contribution in [0.3, 0.4) is 0 Å². The summed E-state index contributed by atoms with van der Waals surface area (Å²) in [4.78, 5) is 0. The fraction of sp³-hybridized carbons (Fsp3) is 0.182. The molecule has 1 saturated heterocycles. The van der Waals surface area contributed by atoms with Gasteiger partial charge < -0.3 is 10.6 Å². The summed E-state index contributed by atoms with van der Waals surface area (Å²) in [6.45, 7) is 0. The number of fused-ring (bicyclic) bond motifs is 3.